The van der Waals surface area contributed by atoms with Gasteiger partial charge in [0.25, 0.3) is 10.0 Å². The predicted molar refractivity (Wildman–Crippen MR) is 98.8 cm³/mol. The summed E-state index contributed by atoms with van der Waals surface area (Å²) in [5.41, 5.74) is 1.43. The Morgan fingerprint density at radius 3 is 2.88 bits per heavy atom. The van der Waals surface area contributed by atoms with Crippen LogP contribution in [0.4, 0.5) is 5.69 Å². The van der Waals surface area contributed by atoms with Crippen LogP contribution in [0.15, 0.2) is 49.1 Å². The number of thiophene rings is 1. The second kappa shape index (κ2) is 7.44. The number of rotatable bonds is 7. The number of aromatic amines is 1. The number of aromatic nitrogens is 1. The van der Waals surface area contributed by atoms with Gasteiger partial charge in [-0.15, -0.1) is 11.3 Å². The molecule has 0 atom stereocenters. The molecule has 1 aromatic carbocycles. The minimum Gasteiger partial charge on any atom is -0.408 e. The molecule has 0 aliphatic heterocycles. The van der Waals surface area contributed by atoms with Crippen molar-refractivity contribution in [1.82, 2.24) is 9.29 Å². The molecule has 0 saturated carbocycles. The molecular formula is C16H17N3O5S2. The molecule has 8 nitrogen and oxygen atoms in total. The third kappa shape index (κ3) is 4.03. The van der Waals surface area contributed by atoms with Crippen LogP contribution in [0.5, 0.6) is 0 Å². The van der Waals surface area contributed by atoms with E-state index >= 15 is 0 Å². The van der Waals surface area contributed by atoms with Gasteiger partial charge in [0.2, 0.25) is 5.91 Å². The first-order chi connectivity index (χ1) is 12.4. The van der Waals surface area contributed by atoms with Crippen molar-refractivity contribution in [3.8, 4) is 0 Å². The average Bonchev–Trinajstić information content (AvgIpc) is 3.23. The van der Waals surface area contributed by atoms with Crippen molar-refractivity contribution < 1.29 is 17.6 Å². The fourth-order valence-corrected chi connectivity index (χ4v) is 4.81. The van der Waals surface area contributed by atoms with Crippen LogP contribution < -0.4 is 11.1 Å². The number of oxazole rings is 1. The summed E-state index contributed by atoms with van der Waals surface area (Å²) in [5, 5.41) is 4.42. The number of nitrogens with zero attached hydrogens (tertiary/aromatic N) is 1. The van der Waals surface area contributed by atoms with Crippen molar-refractivity contribution in [2.75, 3.05) is 18.9 Å². The molecule has 3 rings (SSSR count). The summed E-state index contributed by atoms with van der Waals surface area (Å²) in [4.78, 5) is 25.7. The van der Waals surface area contributed by atoms with Gasteiger partial charge in [0.1, 0.15) is 4.21 Å². The zero-order valence-electron chi connectivity index (χ0n) is 13.9. The molecule has 0 unspecified atom stereocenters. The quantitative estimate of drug-likeness (QED) is 0.637. The monoisotopic (exact) mass is 395 g/mol. The smallest absolute Gasteiger partial charge is 0.408 e. The van der Waals surface area contributed by atoms with E-state index in [2.05, 4.69) is 10.3 Å². The van der Waals surface area contributed by atoms with Crippen molar-refractivity contribution >= 4 is 44.1 Å². The van der Waals surface area contributed by atoms with Crippen LogP contribution in [-0.2, 0) is 14.8 Å². The molecular weight excluding hydrogens is 378 g/mol. The van der Waals surface area contributed by atoms with E-state index in [4.69, 9.17) is 4.42 Å². The maximum Gasteiger partial charge on any atom is 0.417 e. The zero-order chi connectivity index (χ0) is 18.7. The molecule has 2 heterocycles. The van der Waals surface area contributed by atoms with E-state index in [-0.39, 0.29) is 23.1 Å². The van der Waals surface area contributed by atoms with E-state index in [0.717, 1.165) is 11.3 Å². The lowest BCUT2D eigenvalue weighted by atomic mass is 10.2. The highest BCUT2D eigenvalue weighted by Gasteiger charge is 2.21. The summed E-state index contributed by atoms with van der Waals surface area (Å²) in [6, 6.07) is 8.06. The molecule has 10 heteroatoms. The first-order valence-corrected chi connectivity index (χ1v) is 10.1. The van der Waals surface area contributed by atoms with Gasteiger partial charge < -0.3 is 9.73 Å². The maximum absolute atomic E-state index is 12.3. The van der Waals surface area contributed by atoms with Crippen LogP contribution in [0.3, 0.4) is 0 Å². The summed E-state index contributed by atoms with van der Waals surface area (Å²) in [7, 11) is -2.00. The largest absolute Gasteiger partial charge is 0.417 e. The number of anilines is 1. The van der Waals surface area contributed by atoms with Gasteiger partial charge in [-0.2, -0.15) is 0 Å². The molecule has 0 bridgehead atoms. The first kappa shape index (κ1) is 18.4. The van der Waals surface area contributed by atoms with Crippen LogP contribution in [0.1, 0.15) is 12.8 Å². The highest BCUT2D eigenvalue weighted by molar-refractivity contribution is 7.91. The normalized spacial score (nSPS) is 11.9. The molecule has 0 saturated heterocycles. The zero-order valence-corrected chi connectivity index (χ0v) is 15.5. The molecule has 0 spiro atoms. The molecule has 1 amide bonds. The third-order valence-corrected chi connectivity index (χ3v) is 6.97. The van der Waals surface area contributed by atoms with Gasteiger partial charge in [-0.05, 0) is 36.1 Å². The average molecular weight is 395 g/mol. The summed E-state index contributed by atoms with van der Waals surface area (Å²) >= 11 is 1.16. The van der Waals surface area contributed by atoms with Gasteiger partial charge in [-0.25, -0.2) is 17.5 Å². The maximum atomic E-state index is 12.3. The summed E-state index contributed by atoms with van der Waals surface area (Å²) < 4.78 is 31.0. The number of carbonyl (C=O) groups excluding carboxylic acids is 1. The van der Waals surface area contributed by atoms with Crippen molar-refractivity contribution in [3.05, 3.63) is 46.3 Å². The van der Waals surface area contributed by atoms with Crippen molar-refractivity contribution in [2.45, 2.75) is 17.1 Å². The Bertz CT molecular complexity index is 1070. The van der Waals surface area contributed by atoms with Gasteiger partial charge in [0.05, 0.1) is 5.52 Å². The van der Waals surface area contributed by atoms with E-state index in [1.54, 1.807) is 35.7 Å². The minimum atomic E-state index is -3.50. The second-order valence-electron chi connectivity index (χ2n) is 5.64. The molecule has 0 aliphatic rings. The molecule has 3 aromatic rings. The number of hydrogen-bond donors (Lipinski definition) is 2. The summed E-state index contributed by atoms with van der Waals surface area (Å²) in [6.45, 7) is 0.238. The molecule has 26 heavy (non-hydrogen) atoms. The van der Waals surface area contributed by atoms with Crippen LogP contribution in [0, 0.1) is 0 Å². The van der Waals surface area contributed by atoms with E-state index in [0.29, 0.717) is 23.2 Å². The fourth-order valence-electron chi connectivity index (χ4n) is 2.40. The molecule has 0 fully saturated rings. The molecule has 0 radical (unpaired) electrons. The number of benzene rings is 1. The number of hydrogen-bond acceptors (Lipinski definition) is 6. The van der Waals surface area contributed by atoms with Crippen LogP contribution in [0.25, 0.3) is 11.1 Å². The van der Waals surface area contributed by atoms with E-state index in [1.807, 2.05) is 0 Å². The fraction of sp³-hybridized carbons (Fsp3) is 0.250. The number of nitrogens with one attached hydrogen (secondary N) is 2. The van der Waals surface area contributed by atoms with Crippen LogP contribution in [0.2, 0.25) is 0 Å². The first-order valence-electron chi connectivity index (χ1n) is 7.79. The number of H-pyrrole nitrogens is 1. The lowest BCUT2D eigenvalue weighted by Gasteiger charge is -2.15. The molecule has 138 valence electrons. The van der Waals surface area contributed by atoms with E-state index in [1.165, 1.54) is 11.4 Å². The summed E-state index contributed by atoms with van der Waals surface area (Å²) in [6.07, 6.45) is 0.558. The van der Waals surface area contributed by atoms with Gasteiger partial charge in [0, 0.05) is 25.7 Å². The standard InChI is InChI=1S/C16H17N3O5S2/c1-19(26(22,23)15-5-3-9-25-15)8-2-4-14(20)17-11-6-7-13-12(10-11)18-16(21)24-13/h3,5-7,9-10H,2,4,8H2,1H3,(H,17,20)(H,18,21). The third-order valence-electron chi connectivity index (χ3n) is 3.74. The lowest BCUT2D eigenvalue weighted by Crippen LogP contribution is -2.28. The van der Waals surface area contributed by atoms with Crippen molar-refractivity contribution in [1.29, 1.82) is 0 Å². The molecule has 2 N–H and O–H groups in total. The van der Waals surface area contributed by atoms with Gasteiger partial charge in [-0.3, -0.25) is 9.78 Å². The Morgan fingerprint density at radius 1 is 1.35 bits per heavy atom. The van der Waals surface area contributed by atoms with Crippen LogP contribution >= 0.6 is 11.3 Å². The number of amides is 1. The highest BCUT2D eigenvalue weighted by atomic mass is 32.2. The SMILES string of the molecule is CN(CCCC(=O)Nc1ccc2oc(=O)[nH]c2c1)S(=O)(=O)c1cccs1. The van der Waals surface area contributed by atoms with Crippen LogP contribution in [-0.4, -0.2) is 37.2 Å². The van der Waals surface area contributed by atoms with Crippen molar-refractivity contribution in [2.24, 2.45) is 0 Å². The number of fused-ring (bicyclic) bond motifs is 1. The Kier molecular flexibility index (Phi) is 5.25. The van der Waals surface area contributed by atoms with Crippen molar-refractivity contribution in [3.63, 3.8) is 0 Å². The lowest BCUT2D eigenvalue weighted by molar-refractivity contribution is -0.116. The molecule has 2 aromatic heterocycles. The minimum absolute atomic E-state index is 0.171. The Hall–Kier alpha value is -2.43. The summed E-state index contributed by atoms with van der Waals surface area (Å²) in [5.74, 6) is -0.796. The topological polar surface area (TPSA) is 112 Å². The van der Waals surface area contributed by atoms with E-state index in [9.17, 15) is 18.0 Å². The Labute approximate surface area is 153 Å². The van der Waals surface area contributed by atoms with E-state index < -0.39 is 15.8 Å². The number of sulfonamides is 1. The van der Waals surface area contributed by atoms with Gasteiger partial charge >= 0.3 is 5.76 Å². The Morgan fingerprint density at radius 2 is 2.15 bits per heavy atom. The van der Waals surface area contributed by atoms with Gasteiger partial charge in [0.15, 0.2) is 5.58 Å². The second-order valence-corrected chi connectivity index (χ2v) is 8.86. The van der Waals surface area contributed by atoms with Gasteiger partial charge in [-0.1, -0.05) is 6.07 Å². The predicted octanol–water partition coefficient (Wildman–Crippen LogP) is 2.22. The number of carbonyl (C=O) groups is 1. The Balaban J connectivity index is 1.52. The highest BCUT2D eigenvalue weighted by Crippen LogP contribution is 2.20. The molecule has 0 aliphatic carbocycles.